The maximum Gasteiger partial charge on any atom is 0.228 e. The molecule has 0 spiro atoms. The molecule has 0 aliphatic heterocycles. The first-order valence-corrected chi connectivity index (χ1v) is 9.62. The number of ether oxygens (including phenoxy) is 1. The highest BCUT2D eigenvalue weighted by Gasteiger charge is 2.44. The van der Waals surface area contributed by atoms with Gasteiger partial charge in [0.1, 0.15) is 11.6 Å². The van der Waals surface area contributed by atoms with E-state index in [1.165, 1.54) is 0 Å². The maximum atomic E-state index is 12.5. The van der Waals surface area contributed by atoms with Crippen LogP contribution < -0.4 is 21.1 Å². The van der Waals surface area contributed by atoms with Crippen LogP contribution in [0.4, 0.5) is 17.2 Å². The first-order valence-electron chi connectivity index (χ1n) is 9.62. The molecule has 1 fully saturated rings. The third-order valence-corrected chi connectivity index (χ3v) is 5.19. The summed E-state index contributed by atoms with van der Waals surface area (Å²) in [5.74, 6) is 1.84. The Kier molecular flexibility index (Phi) is 5.33. The van der Waals surface area contributed by atoms with E-state index in [-0.39, 0.29) is 17.7 Å². The Morgan fingerprint density at radius 2 is 1.93 bits per heavy atom. The summed E-state index contributed by atoms with van der Waals surface area (Å²) in [6.45, 7) is 0.684. The van der Waals surface area contributed by atoms with E-state index in [0.29, 0.717) is 17.9 Å². The van der Waals surface area contributed by atoms with Crippen molar-refractivity contribution in [2.45, 2.75) is 18.9 Å². The molecule has 0 saturated heterocycles. The van der Waals surface area contributed by atoms with Gasteiger partial charge in [0.05, 0.1) is 18.5 Å². The Labute approximate surface area is 170 Å². The van der Waals surface area contributed by atoms with Gasteiger partial charge in [-0.3, -0.25) is 4.79 Å². The van der Waals surface area contributed by atoms with E-state index >= 15 is 0 Å². The average Bonchev–Trinajstić information content (AvgIpc) is 3.56. The molecule has 148 valence electrons. The summed E-state index contributed by atoms with van der Waals surface area (Å²) in [5.41, 5.74) is 9.37. The zero-order valence-electron chi connectivity index (χ0n) is 16.3. The van der Waals surface area contributed by atoms with Crippen molar-refractivity contribution in [3.63, 3.8) is 0 Å². The number of carbonyl (C=O) groups is 1. The second kappa shape index (κ2) is 8.22. The van der Waals surface area contributed by atoms with E-state index in [4.69, 9.17) is 10.5 Å². The van der Waals surface area contributed by atoms with Gasteiger partial charge in [-0.05, 0) is 53.8 Å². The first-order chi connectivity index (χ1) is 14.1. The molecule has 3 aromatic rings. The molecule has 1 aliphatic carbocycles. The van der Waals surface area contributed by atoms with Gasteiger partial charge in [0.25, 0.3) is 0 Å². The SMILES string of the molecule is COc1ccc(CNc2ccc(C3CC3C(=O)Nc3ccccc3N)cn2)cc1. The second-order valence-electron chi connectivity index (χ2n) is 7.20. The van der Waals surface area contributed by atoms with E-state index < -0.39 is 0 Å². The lowest BCUT2D eigenvalue weighted by molar-refractivity contribution is -0.117. The smallest absolute Gasteiger partial charge is 0.228 e. The highest BCUT2D eigenvalue weighted by Crippen LogP contribution is 2.48. The first kappa shape index (κ1) is 18.8. The molecular formula is C23H24N4O2. The van der Waals surface area contributed by atoms with Crippen LogP contribution in [-0.4, -0.2) is 18.0 Å². The number of nitrogens with two attached hydrogens (primary N) is 1. The van der Waals surface area contributed by atoms with Gasteiger partial charge in [-0.15, -0.1) is 0 Å². The van der Waals surface area contributed by atoms with E-state index in [2.05, 4.69) is 15.6 Å². The molecule has 1 heterocycles. The van der Waals surface area contributed by atoms with E-state index in [0.717, 1.165) is 29.1 Å². The summed E-state index contributed by atoms with van der Waals surface area (Å²) < 4.78 is 5.17. The lowest BCUT2D eigenvalue weighted by Crippen LogP contribution is -2.15. The molecule has 29 heavy (non-hydrogen) atoms. The molecule has 6 heteroatoms. The predicted octanol–water partition coefficient (Wildman–Crippen LogP) is 4.03. The normalized spacial score (nSPS) is 17.4. The van der Waals surface area contributed by atoms with E-state index in [1.54, 1.807) is 13.2 Å². The van der Waals surface area contributed by atoms with Gasteiger partial charge in [0.15, 0.2) is 0 Å². The number of nitrogen functional groups attached to an aromatic ring is 1. The largest absolute Gasteiger partial charge is 0.497 e. The maximum absolute atomic E-state index is 12.5. The quantitative estimate of drug-likeness (QED) is 0.532. The Morgan fingerprint density at radius 1 is 1.14 bits per heavy atom. The highest BCUT2D eigenvalue weighted by atomic mass is 16.5. The molecule has 2 atom stereocenters. The van der Waals surface area contributed by atoms with Crippen LogP contribution in [0.25, 0.3) is 0 Å². The number of methoxy groups -OCH3 is 1. The zero-order valence-corrected chi connectivity index (χ0v) is 16.3. The van der Waals surface area contributed by atoms with Crippen LogP contribution in [0.5, 0.6) is 5.75 Å². The molecule has 6 nitrogen and oxygen atoms in total. The van der Waals surface area contributed by atoms with Crippen molar-refractivity contribution in [3.8, 4) is 5.75 Å². The summed E-state index contributed by atoms with van der Waals surface area (Å²) in [5, 5.41) is 6.24. The Bertz CT molecular complexity index is 987. The predicted molar refractivity (Wildman–Crippen MR) is 115 cm³/mol. The molecule has 4 rings (SSSR count). The molecule has 0 radical (unpaired) electrons. The van der Waals surface area contributed by atoms with Crippen molar-refractivity contribution in [1.82, 2.24) is 4.98 Å². The monoisotopic (exact) mass is 388 g/mol. The van der Waals surface area contributed by atoms with Gasteiger partial charge in [0, 0.05) is 18.7 Å². The van der Waals surface area contributed by atoms with Gasteiger partial charge < -0.3 is 21.1 Å². The van der Waals surface area contributed by atoms with Crippen LogP contribution in [0.2, 0.25) is 0 Å². The van der Waals surface area contributed by atoms with Crippen LogP contribution in [0.1, 0.15) is 23.5 Å². The summed E-state index contributed by atoms with van der Waals surface area (Å²) in [6.07, 6.45) is 2.68. The summed E-state index contributed by atoms with van der Waals surface area (Å²) in [4.78, 5) is 17.0. The minimum Gasteiger partial charge on any atom is -0.497 e. The van der Waals surface area contributed by atoms with Gasteiger partial charge in [-0.1, -0.05) is 30.3 Å². The zero-order chi connectivity index (χ0) is 20.2. The Morgan fingerprint density at radius 3 is 2.62 bits per heavy atom. The van der Waals surface area contributed by atoms with Gasteiger partial charge in [0.2, 0.25) is 5.91 Å². The lowest BCUT2D eigenvalue weighted by atomic mass is 10.1. The number of amides is 1. The molecule has 4 N–H and O–H groups in total. The fourth-order valence-corrected chi connectivity index (χ4v) is 3.35. The van der Waals surface area contributed by atoms with Gasteiger partial charge in [-0.2, -0.15) is 0 Å². The van der Waals surface area contributed by atoms with Crippen LogP contribution >= 0.6 is 0 Å². The number of carbonyl (C=O) groups excluding carboxylic acids is 1. The van der Waals surface area contributed by atoms with Crippen LogP contribution in [0, 0.1) is 5.92 Å². The Hall–Kier alpha value is -3.54. The second-order valence-corrected chi connectivity index (χ2v) is 7.20. The molecule has 2 aromatic carbocycles. The molecule has 1 aromatic heterocycles. The standard InChI is InChI=1S/C23H24N4O2/c1-29-17-9-6-15(7-10-17)13-25-22-11-8-16(14-26-22)18-12-19(18)23(28)27-21-5-3-2-4-20(21)24/h2-11,14,18-19H,12-13,24H2,1H3,(H,25,26)(H,27,28). The third-order valence-electron chi connectivity index (χ3n) is 5.19. The lowest BCUT2D eigenvalue weighted by Gasteiger charge is -2.09. The van der Waals surface area contributed by atoms with Crippen molar-refractivity contribution in [2.24, 2.45) is 5.92 Å². The molecule has 1 amide bonds. The number of para-hydroxylation sites is 2. The van der Waals surface area contributed by atoms with Gasteiger partial charge in [-0.25, -0.2) is 4.98 Å². The number of pyridine rings is 1. The molecule has 0 bridgehead atoms. The number of nitrogens with one attached hydrogen (secondary N) is 2. The number of anilines is 3. The molecular weight excluding hydrogens is 364 g/mol. The average molecular weight is 388 g/mol. The van der Waals surface area contributed by atoms with E-state index in [9.17, 15) is 4.79 Å². The van der Waals surface area contributed by atoms with E-state index in [1.807, 2.05) is 60.8 Å². The number of aromatic nitrogens is 1. The topological polar surface area (TPSA) is 89.3 Å². The third kappa shape index (κ3) is 4.48. The Balaban J connectivity index is 1.30. The number of hydrogen-bond donors (Lipinski definition) is 3. The fourth-order valence-electron chi connectivity index (χ4n) is 3.35. The van der Waals surface area contributed by atoms with Crippen molar-refractivity contribution < 1.29 is 9.53 Å². The van der Waals surface area contributed by atoms with Crippen LogP contribution in [-0.2, 0) is 11.3 Å². The summed E-state index contributed by atoms with van der Waals surface area (Å²) in [7, 11) is 1.66. The fraction of sp³-hybridized carbons (Fsp3) is 0.217. The molecule has 2 unspecified atom stereocenters. The summed E-state index contributed by atoms with van der Waals surface area (Å²) >= 11 is 0. The number of hydrogen-bond acceptors (Lipinski definition) is 5. The van der Waals surface area contributed by atoms with Crippen molar-refractivity contribution >= 4 is 23.1 Å². The van der Waals surface area contributed by atoms with Crippen molar-refractivity contribution in [3.05, 3.63) is 78.0 Å². The summed E-state index contributed by atoms with van der Waals surface area (Å²) in [6, 6.07) is 19.2. The van der Waals surface area contributed by atoms with Crippen LogP contribution in [0.15, 0.2) is 66.9 Å². The van der Waals surface area contributed by atoms with Crippen molar-refractivity contribution in [2.75, 3.05) is 23.5 Å². The molecule has 1 aliphatic rings. The minimum absolute atomic E-state index is 0.00890. The number of benzene rings is 2. The molecule has 1 saturated carbocycles. The highest BCUT2D eigenvalue weighted by molar-refractivity contribution is 5.97. The number of rotatable bonds is 7. The van der Waals surface area contributed by atoms with Gasteiger partial charge >= 0.3 is 0 Å². The number of nitrogens with zero attached hydrogens (tertiary/aromatic N) is 1. The minimum atomic E-state index is -0.0329. The van der Waals surface area contributed by atoms with Crippen molar-refractivity contribution in [1.29, 1.82) is 0 Å². The van der Waals surface area contributed by atoms with Crippen LogP contribution in [0.3, 0.4) is 0 Å².